The number of ether oxygens (including phenoxy) is 1. The fourth-order valence-corrected chi connectivity index (χ4v) is 1.15. The summed E-state index contributed by atoms with van der Waals surface area (Å²) in [5.41, 5.74) is 1.78. The van der Waals surface area contributed by atoms with Gasteiger partial charge in [0.05, 0.1) is 12.7 Å². The van der Waals surface area contributed by atoms with E-state index in [1.807, 2.05) is 25.1 Å². The van der Waals surface area contributed by atoms with E-state index in [1.165, 1.54) is 12.7 Å². The molecule has 0 atom stereocenters. The highest BCUT2D eigenvalue weighted by molar-refractivity contribution is 5.89. The number of rotatable bonds is 3. The van der Waals surface area contributed by atoms with Crippen molar-refractivity contribution in [3.05, 3.63) is 47.5 Å². The molecule has 1 aromatic carbocycles. The number of allylic oxidation sites excluding steroid dienone is 2. The number of benzene rings is 1. The Kier molecular flexibility index (Phi) is 3.92. The first-order chi connectivity index (χ1) is 6.77. The van der Waals surface area contributed by atoms with Gasteiger partial charge in [-0.05, 0) is 31.0 Å². The molecule has 0 bridgehead atoms. The third-order valence-corrected chi connectivity index (χ3v) is 1.96. The number of carbonyl (C=O) groups excluding carboxylic acids is 1. The number of hydrogen-bond acceptors (Lipinski definition) is 2. The van der Waals surface area contributed by atoms with Crippen molar-refractivity contribution < 1.29 is 9.53 Å². The highest BCUT2D eigenvalue weighted by atomic mass is 16.5. The van der Waals surface area contributed by atoms with Gasteiger partial charge < -0.3 is 4.74 Å². The molecular formula is C12H14O2. The lowest BCUT2D eigenvalue weighted by Crippen LogP contribution is -2.00. The predicted molar refractivity (Wildman–Crippen MR) is 56.3 cm³/mol. The summed E-state index contributed by atoms with van der Waals surface area (Å²) in [5, 5.41) is 0. The topological polar surface area (TPSA) is 26.3 Å². The first-order valence-electron chi connectivity index (χ1n) is 4.56. The molecule has 1 aromatic rings. The second kappa shape index (κ2) is 5.22. The molecule has 0 N–H and O–H groups in total. The van der Waals surface area contributed by atoms with Crippen LogP contribution in [-0.4, -0.2) is 13.1 Å². The molecule has 0 spiro atoms. The Labute approximate surface area is 84.2 Å². The lowest BCUT2D eigenvalue weighted by Gasteiger charge is -2.00. The molecule has 0 aliphatic rings. The molecule has 0 aliphatic carbocycles. The van der Waals surface area contributed by atoms with Gasteiger partial charge in [0.15, 0.2) is 0 Å². The summed E-state index contributed by atoms with van der Waals surface area (Å²) >= 11 is 0. The summed E-state index contributed by atoms with van der Waals surface area (Å²) in [4.78, 5) is 11.1. The van der Waals surface area contributed by atoms with Crippen molar-refractivity contribution in [3.8, 4) is 0 Å². The number of hydrogen-bond donors (Lipinski definition) is 0. The van der Waals surface area contributed by atoms with E-state index >= 15 is 0 Å². The maximum Gasteiger partial charge on any atom is 0.337 e. The van der Waals surface area contributed by atoms with Gasteiger partial charge in [0.25, 0.3) is 0 Å². The summed E-state index contributed by atoms with van der Waals surface area (Å²) in [6.45, 7) is 1.99. The monoisotopic (exact) mass is 190 g/mol. The van der Waals surface area contributed by atoms with Gasteiger partial charge in [-0.3, -0.25) is 0 Å². The van der Waals surface area contributed by atoms with Crippen LogP contribution in [0.25, 0.3) is 0 Å². The zero-order valence-corrected chi connectivity index (χ0v) is 8.49. The molecule has 0 aromatic heterocycles. The molecule has 2 nitrogen and oxygen atoms in total. The maximum absolute atomic E-state index is 11.1. The van der Waals surface area contributed by atoms with Gasteiger partial charge in [0, 0.05) is 0 Å². The highest BCUT2D eigenvalue weighted by Crippen LogP contribution is 2.06. The van der Waals surface area contributed by atoms with Crippen molar-refractivity contribution in [1.29, 1.82) is 0 Å². The van der Waals surface area contributed by atoms with Gasteiger partial charge in [0.1, 0.15) is 0 Å². The molecule has 2 heteroatoms. The Morgan fingerprint density at radius 2 is 2.00 bits per heavy atom. The minimum atomic E-state index is -0.289. The Morgan fingerprint density at radius 1 is 1.36 bits per heavy atom. The second-order valence-electron chi connectivity index (χ2n) is 2.96. The molecule has 0 radical (unpaired) electrons. The van der Waals surface area contributed by atoms with Crippen LogP contribution in [0.5, 0.6) is 0 Å². The minimum absolute atomic E-state index is 0.289. The lowest BCUT2D eigenvalue weighted by atomic mass is 10.1. The van der Waals surface area contributed by atoms with Crippen LogP contribution in [0.4, 0.5) is 0 Å². The van der Waals surface area contributed by atoms with E-state index in [2.05, 4.69) is 10.8 Å². The van der Waals surface area contributed by atoms with E-state index in [1.54, 1.807) is 12.1 Å². The quantitative estimate of drug-likeness (QED) is 0.541. The Bertz CT molecular complexity index is 323. The van der Waals surface area contributed by atoms with Crippen LogP contribution in [0, 0.1) is 0 Å². The average molecular weight is 190 g/mol. The lowest BCUT2D eigenvalue weighted by molar-refractivity contribution is 0.0601. The average Bonchev–Trinajstić information content (AvgIpc) is 2.26. The summed E-state index contributed by atoms with van der Waals surface area (Å²) in [6.07, 6.45) is 4.99. The number of methoxy groups -OCH3 is 1. The Balaban J connectivity index is 2.73. The van der Waals surface area contributed by atoms with E-state index in [0.717, 1.165) is 6.42 Å². The van der Waals surface area contributed by atoms with Crippen LogP contribution >= 0.6 is 0 Å². The zero-order valence-electron chi connectivity index (χ0n) is 8.49. The summed E-state index contributed by atoms with van der Waals surface area (Å²) < 4.78 is 4.60. The van der Waals surface area contributed by atoms with Crippen LogP contribution < -0.4 is 0 Å². The largest absolute Gasteiger partial charge is 0.465 e. The summed E-state index contributed by atoms with van der Waals surface area (Å²) in [6, 6.07) is 7.44. The van der Waals surface area contributed by atoms with Crippen molar-refractivity contribution in [2.45, 2.75) is 13.3 Å². The molecule has 14 heavy (non-hydrogen) atoms. The minimum Gasteiger partial charge on any atom is -0.465 e. The van der Waals surface area contributed by atoms with Crippen LogP contribution in [0.2, 0.25) is 0 Å². The third-order valence-electron chi connectivity index (χ3n) is 1.96. The van der Waals surface area contributed by atoms with Gasteiger partial charge in [0.2, 0.25) is 0 Å². The smallest absolute Gasteiger partial charge is 0.337 e. The predicted octanol–water partition coefficient (Wildman–Crippen LogP) is 2.59. The summed E-state index contributed by atoms with van der Waals surface area (Å²) in [7, 11) is 1.38. The van der Waals surface area contributed by atoms with Gasteiger partial charge in [-0.15, -0.1) is 0 Å². The van der Waals surface area contributed by atoms with Crippen LogP contribution in [0.15, 0.2) is 36.4 Å². The van der Waals surface area contributed by atoms with Gasteiger partial charge in [-0.2, -0.15) is 0 Å². The summed E-state index contributed by atoms with van der Waals surface area (Å²) in [5.74, 6) is -0.289. The first kappa shape index (κ1) is 10.5. The molecule has 74 valence electrons. The van der Waals surface area contributed by atoms with Crippen molar-refractivity contribution >= 4 is 5.97 Å². The highest BCUT2D eigenvalue weighted by Gasteiger charge is 2.03. The van der Waals surface area contributed by atoms with Crippen molar-refractivity contribution in [1.82, 2.24) is 0 Å². The molecule has 0 saturated heterocycles. The molecule has 0 saturated carbocycles. The van der Waals surface area contributed by atoms with Crippen LogP contribution in [0.3, 0.4) is 0 Å². The molecule has 0 unspecified atom stereocenters. The van der Waals surface area contributed by atoms with Crippen molar-refractivity contribution in [2.24, 2.45) is 0 Å². The Hall–Kier alpha value is -1.57. The van der Waals surface area contributed by atoms with E-state index in [9.17, 15) is 4.79 Å². The first-order valence-corrected chi connectivity index (χ1v) is 4.56. The van der Waals surface area contributed by atoms with Gasteiger partial charge in [-0.25, -0.2) is 4.79 Å². The van der Waals surface area contributed by atoms with Crippen LogP contribution in [-0.2, 0) is 11.2 Å². The maximum atomic E-state index is 11.1. The second-order valence-corrected chi connectivity index (χ2v) is 2.96. The zero-order chi connectivity index (χ0) is 10.4. The molecule has 0 fully saturated rings. The van der Waals surface area contributed by atoms with Crippen molar-refractivity contribution in [3.63, 3.8) is 0 Å². The Morgan fingerprint density at radius 3 is 2.50 bits per heavy atom. The van der Waals surface area contributed by atoms with E-state index in [-0.39, 0.29) is 5.97 Å². The molecule has 1 rings (SSSR count). The fraction of sp³-hybridized carbons (Fsp3) is 0.250. The normalized spacial score (nSPS) is 10.4. The number of carbonyl (C=O) groups is 1. The fourth-order valence-electron chi connectivity index (χ4n) is 1.15. The molecule has 0 amide bonds. The van der Waals surface area contributed by atoms with Crippen molar-refractivity contribution in [2.75, 3.05) is 7.11 Å². The molecular weight excluding hydrogens is 176 g/mol. The molecule has 0 heterocycles. The number of esters is 1. The van der Waals surface area contributed by atoms with E-state index < -0.39 is 0 Å². The standard InChI is InChI=1S/C12H14O2/c1-3-4-5-10-6-8-11(9-7-10)12(13)14-2/h3-4,6-9H,5H2,1-2H3/b4-3-. The third kappa shape index (κ3) is 2.73. The SMILES string of the molecule is C/C=C\Cc1ccc(C(=O)OC)cc1. The van der Waals surface area contributed by atoms with Gasteiger partial charge >= 0.3 is 5.97 Å². The van der Waals surface area contributed by atoms with Gasteiger partial charge in [-0.1, -0.05) is 24.3 Å². The van der Waals surface area contributed by atoms with E-state index in [0.29, 0.717) is 5.56 Å². The molecule has 0 aliphatic heterocycles. The van der Waals surface area contributed by atoms with E-state index in [4.69, 9.17) is 0 Å². The van der Waals surface area contributed by atoms with Crippen LogP contribution in [0.1, 0.15) is 22.8 Å².